The van der Waals surface area contributed by atoms with Crippen molar-refractivity contribution in [3.63, 3.8) is 0 Å². The Morgan fingerprint density at radius 3 is 2.53 bits per heavy atom. The molecular formula is C16H22N2O. The molecular weight excluding hydrogens is 236 g/mol. The number of carbonyl (C=O) groups is 1. The predicted octanol–water partition coefficient (Wildman–Crippen LogP) is 2.52. The van der Waals surface area contributed by atoms with Crippen LogP contribution in [0.25, 0.3) is 0 Å². The van der Waals surface area contributed by atoms with Gasteiger partial charge in [0, 0.05) is 31.2 Å². The first-order chi connectivity index (χ1) is 9.24. The highest BCUT2D eigenvalue weighted by atomic mass is 16.2. The molecule has 19 heavy (non-hydrogen) atoms. The zero-order chi connectivity index (χ0) is 13.4. The standard InChI is InChI=1S/C16H22N2O/c1-3-13(4-2)17-10-14(11-17)18-9-12-7-5-6-8-15(12)16(18)19/h5-8,13-14H,3-4,9-11H2,1-2H3. The lowest BCUT2D eigenvalue weighted by Crippen LogP contribution is -2.62. The van der Waals surface area contributed by atoms with Crippen molar-refractivity contribution < 1.29 is 4.79 Å². The Morgan fingerprint density at radius 1 is 1.21 bits per heavy atom. The molecule has 3 nitrogen and oxygen atoms in total. The second-order valence-electron chi connectivity index (χ2n) is 5.67. The van der Waals surface area contributed by atoms with E-state index in [1.807, 2.05) is 18.2 Å². The molecule has 2 aliphatic rings. The van der Waals surface area contributed by atoms with Gasteiger partial charge in [-0.3, -0.25) is 9.69 Å². The Hall–Kier alpha value is -1.35. The van der Waals surface area contributed by atoms with Crippen molar-refractivity contribution in [3.8, 4) is 0 Å². The first kappa shape index (κ1) is 12.7. The van der Waals surface area contributed by atoms with Crippen LogP contribution in [0.5, 0.6) is 0 Å². The highest BCUT2D eigenvalue weighted by Gasteiger charge is 2.40. The van der Waals surface area contributed by atoms with Gasteiger partial charge >= 0.3 is 0 Å². The minimum Gasteiger partial charge on any atom is -0.329 e. The summed E-state index contributed by atoms with van der Waals surface area (Å²) >= 11 is 0. The molecule has 1 fully saturated rings. The molecule has 1 aromatic rings. The number of hydrogen-bond acceptors (Lipinski definition) is 2. The van der Waals surface area contributed by atoms with Gasteiger partial charge in [-0.1, -0.05) is 32.0 Å². The molecule has 0 atom stereocenters. The lowest BCUT2D eigenvalue weighted by Gasteiger charge is -2.47. The summed E-state index contributed by atoms with van der Waals surface area (Å²) in [4.78, 5) is 16.9. The van der Waals surface area contributed by atoms with Crippen LogP contribution in [0.15, 0.2) is 24.3 Å². The van der Waals surface area contributed by atoms with E-state index in [-0.39, 0.29) is 5.91 Å². The normalized spacial score (nSPS) is 19.9. The Kier molecular flexibility index (Phi) is 3.31. The molecule has 3 rings (SSSR count). The van der Waals surface area contributed by atoms with Gasteiger partial charge in [0.2, 0.25) is 0 Å². The number of rotatable bonds is 4. The first-order valence-corrected chi connectivity index (χ1v) is 7.37. The van der Waals surface area contributed by atoms with Gasteiger partial charge in [-0.15, -0.1) is 0 Å². The maximum Gasteiger partial charge on any atom is 0.254 e. The Balaban J connectivity index is 1.64. The molecule has 1 amide bonds. The summed E-state index contributed by atoms with van der Waals surface area (Å²) in [7, 11) is 0. The lowest BCUT2D eigenvalue weighted by atomic mass is 10.0. The molecule has 0 spiro atoms. The van der Waals surface area contributed by atoms with Crippen LogP contribution in [-0.2, 0) is 6.54 Å². The molecule has 102 valence electrons. The van der Waals surface area contributed by atoms with Crippen LogP contribution in [0.4, 0.5) is 0 Å². The second-order valence-corrected chi connectivity index (χ2v) is 5.67. The molecule has 0 bridgehead atoms. The number of amides is 1. The third-order valence-corrected chi connectivity index (χ3v) is 4.64. The van der Waals surface area contributed by atoms with Crippen molar-refractivity contribution in [2.75, 3.05) is 13.1 Å². The number of nitrogens with zero attached hydrogens (tertiary/aromatic N) is 2. The van der Waals surface area contributed by atoms with Gasteiger partial charge in [-0.05, 0) is 24.5 Å². The lowest BCUT2D eigenvalue weighted by molar-refractivity contribution is 0.00613. The van der Waals surface area contributed by atoms with Crippen molar-refractivity contribution in [2.24, 2.45) is 0 Å². The average Bonchev–Trinajstić information content (AvgIpc) is 2.71. The SMILES string of the molecule is CCC(CC)N1CC(N2Cc3ccccc3C2=O)C1. The van der Waals surface area contributed by atoms with Gasteiger partial charge in [0.05, 0.1) is 6.04 Å². The van der Waals surface area contributed by atoms with E-state index in [1.54, 1.807) is 0 Å². The zero-order valence-electron chi connectivity index (χ0n) is 11.8. The smallest absolute Gasteiger partial charge is 0.254 e. The van der Waals surface area contributed by atoms with Crippen LogP contribution < -0.4 is 0 Å². The topological polar surface area (TPSA) is 23.6 Å². The van der Waals surface area contributed by atoms with Crippen LogP contribution in [0.2, 0.25) is 0 Å². The van der Waals surface area contributed by atoms with E-state index in [2.05, 4.69) is 29.7 Å². The number of carbonyl (C=O) groups excluding carboxylic acids is 1. The Labute approximate surface area is 115 Å². The fourth-order valence-corrected chi connectivity index (χ4v) is 3.36. The monoisotopic (exact) mass is 258 g/mol. The molecule has 1 saturated heterocycles. The van der Waals surface area contributed by atoms with Crippen LogP contribution in [-0.4, -0.2) is 40.9 Å². The molecule has 0 unspecified atom stereocenters. The van der Waals surface area contributed by atoms with Crippen molar-refractivity contribution in [1.82, 2.24) is 9.80 Å². The van der Waals surface area contributed by atoms with E-state index in [0.717, 1.165) is 25.2 Å². The molecule has 0 aliphatic carbocycles. The van der Waals surface area contributed by atoms with Crippen LogP contribution in [0.3, 0.4) is 0 Å². The summed E-state index contributed by atoms with van der Waals surface area (Å²) in [5, 5.41) is 0. The molecule has 2 aliphatic heterocycles. The van der Waals surface area contributed by atoms with Gasteiger partial charge in [0.25, 0.3) is 5.91 Å². The largest absolute Gasteiger partial charge is 0.329 e. The summed E-state index contributed by atoms with van der Waals surface area (Å²) in [5.41, 5.74) is 2.09. The molecule has 0 aromatic heterocycles. The number of fused-ring (bicyclic) bond motifs is 1. The molecule has 0 radical (unpaired) electrons. The third kappa shape index (κ3) is 2.06. The van der Waals surface area contributed by atoms with E-state index in [1.165, 1.54) is 18.4 Å². The van der Waals surface area contributed by atoms with Crippen LogP contribution >= 0.6 is 0 Å². The average molecular weight is 258 g/mol. The summed E-state index contributed by atoms with van der Waals surface area (Å²) in [6.45, 7) is 7.39. The van der Waals surface area contributed by atoms with Gasteiger partial charge < -0.3 is 4.90 Å². The van der Waals surface area contributed by atoms with E-state index >= 15 is 0 Å². The second kappa shape index (κ2) is 4.97. The Morgan fingerprint density at radius 2 is 1.89 bits per heavy atom. The maximum absolute atomic E-state index is 12.4. The summed E-state index contributed by atoms with van der Waals surface area (Å²) in [6.07, 6.45) is 2.41. The summed E-state index contributed by atoms with van der Waals surface area (Å²) < 4.78 is 0. The van der Waals surface area contributed by atoms with E-state index in [4.69, 9.17) is 0 Å². The van der Waals surface area contributed by atoms with Crippen molar-refractivity contribution in [3.05, 3.63) is 35.4 Å². The number of benzene rings is 1. The third-order valence-electron chi connectivity index (χ3n) is 4.64. The molecule has 3 heteroatoms. The molecule has 0 saturated carbocycles. The van der Waals surface area contributed by atoms with E-state index < -0.39 is 0 Å². The van der Waals surface area contributed by atoms with E-state index in [9.17, 15) is 4.79 Å². The predicted molar refractivity (Wildman–Crippen MR) is 76.0 cm³/mol. The summed E-state index contributed by atoms with van der Waals surface area (Å²) in [5.74, 6) is 0.227. The van der Waals surface area contributed by atoms with Crippen LogP contribution in [0, 0.1) is 0 Å². The number of likely N-dealkylation sites (tertiary alicyclic amines) is 1. The minimum atomic E-state index is 0.227. The van der Waals surface area contributed by atoms with Crippen molar-refractivity contribution in [2.45, 2.75) is 45.3 Å². The molecule has 0 N–H and O–H groups in total. The van der Waals surface area contributed by atoms with Gasteiger partial charge in [0.15, 0.2) is 0 Å². The quantitative estimate of drug-likeness (QED) is 0.828. The van der Waals surface area contributed by atoms with Gasteiger partial charge in [-0.2, -0.15) is 0 Å². The zero-order valence-corrected chi connectivity index (χ0v) is 11.8. The minimum absolute atomic E-state index is 0.227. The highest BCUT2D eigenvalue weighted by molar-refractivity contribution is 5.98. The summed E-state index contributed by atoms with van der Waals surface area (Å²) in [6, 6.07) is 9.11. The van der Waals surface area contributed by atoms with Crippen molar-refractivity contribution in [1.29, 1.82) is 0 Å². The molecule has 1 aromatic carbocycles. The fraction of sp³-hybridized carbons (Fsp3) is 0.562. The maximum atomic E-state index is 12.4. The fourth-order valence-electron chi connectivity index (χ4n) is 3.36. The van der Waals surface area contributed by atoms with Gasteiger partial charge in [-0.25, -0.2) is 0 Å². The van der Waals surface area contributed by atoms with Gasteiger partial charge in [0.1, 0.15) is 0 Å². The molecule has 2 heterocycles. The Bertz CT molecular complexity index is 475. The van der Waals surface area contributed by atoms with Crippen molar-refractivity contribution >= 4 is 5.91 Å². The van der Waals surface area contributed by atoms with E-state index in [0.29, 0.717) is 12.1 Å². The van der Waals surface area contributed by atoms with Crippen LogP contribution in [0.1, 0.15) is 42.6 Å². The first-order valence-electron chi connectivity index (χ1n) is 7.37. The highest BCUT2D eigenvalue weighted by Crippen LogP contribution is 2.29. The number of hydrogen-bond donors (Lipinski definition) is 0.